The predicted molar refractivity (Wildman–Crippen MR) is 72.6 cm³/mol. The molecule has 116 valence electrons. The molecule has 2 N–H and O–H groups in total. The SMILES string of the molecule is COCCCN(C)C(=O)NCC1(C(=O)O)CCOCC1. The van der Waals surface area contributed by atoms with Crippen LogP contribution in [0.2, 0.25) is 0 Å². The minimum absolute atomic E-state index is 0.138. The van der Waals surface area contributed by atoms with Crippen LogP contribution in [0.5, 0.6) is 0 Å². The number of nitrogens with one attached hydrogen (secondary N) is 1. The first-order valence-corrected chi connectivity index (χ1v) is 6.81. The summed E-state index contributed by atoms with van der Waals surface area (Å²) >= 11 is 0. The average molecular weight is 288 g/mol. The van der Waals surface area contributed by atoms with Crippen LogP contribution in [-0.4, -0.2) is 69.1 Å². The third kappa shape index (κ3) is 4.64. The molecule has 7 heteroatoms. The minimum Gasteiger partial charge on any atom is -0.481 e. The fourth-order valence-corrected chi connectivity index (χ4v) is 2.16. The van der Waals surface area contributed by atoms with E-state index in [-0.39, 0.29) is 12.6 Å². The maximum absolute atomic E-state index is 11.9. The molecule has 0 aromatic rings. The first kappa shape index (κ1) is 16.7. The van der Waals surface area contributed by atoms with Gasteiger partial charge in [-0.3, -0.25) is 4.79 Å². The van der Waals surface area contributed by atoms with Crippen molar-refractivity contribution in [2.24, 2.45) is 5.41 Å². The summed E-state index contributed by atoms with van der Waals surface area (Å²) in [6.45, 7) is 2.15. The molecule has 0 unspecified atom stereocenters. The van der Waals surface area contributed by atoms with Crippen molar-refractivity contribution >= 4 is 12.0 Å². The van der Waals surface area contributed by atoms with Crippen molar-refractivity contribution in [3.8, 4) is 0 Å². The summed E-state index contributed by atoms with van der Waals surface area (Å²) in [5, 5.41) is 12.1. The quantitative estimate of drug-likeness (QED) is 0.668. The van der Waals surface area contributed by atoms with Crippen LogP contribution < -0.4 is 5.32 Å². The molecule has 0 aromatic carbocycles. The van der Waals surface area contributed by atoms with E-state index in [1.54, 1.807) is 14.2 Å². The minimum atomic E-state index is -0.902. The lowest BCUT2D eigenvalue weighted by molar-refractivity contribution is -0.154. The molecule has 1 aliphatic heterocycles. The van der Waals surface area contributed by atoms with Crippen LogP contribution in [0.3, 0.4) is 0 Å². The maximum Gasteiger partial charge on any atom is 0.317 e. The zero-order valence-corrected chi connectivity index (χ0v) is 12.2. The van der Waals surface area contributed by atoms with Gasteiger partial charge in [-0.2, -0.15) is 0 Å². The van der Waals surface area contributed by atoms with Gasteiger partial charge in [0.2, 0.25) is 0 Å². The molecule has 1 rings (SSSR count). The molecule has 1 heterocycles. The van der Waals surface area contributed by atoms with Gasteiger partial charge in [-0.15, -0.1) is 0 Å². The third-order valence-corrected chi connectivity index (χ3v) is 3.67. The van der Waals surface area contributed by atoms with Crippen molar-refractivity contribution in [3.63, 3.8) is 0 Å². The molecule has 1 fully saturated rings. The first-order valence-electron chi connectivity index (χ1n) is 6.81. The number of carbonyl (C=O) groups excluding carboxylic acids is 1. The summed E-state index contributed by atoms with van der Waals surface area (Å²) in [6, 6.07) is -0.256. The van der Waals surface area contributed by atoms with Crippen molar-refractivity contribution in [2.75, 3.05) is 47.1 Å². The zero-order chi connectivity index (χ0) is 15.0. The van der Waals surface area contributed by atoms with Crippen molar-refractivity contribution in [2.45, 2.75) is 19.3 Å². The summed E-state index contributed by atoms with van der Waals surface area (Å²) in [5.41, 5.74) is -0.902. The van der Waals surface area contributed by atoms with E-state index in [0.717, 1.165) is 6.42 Å². The normalized spacial score (nSPS) is 17.5. The number of ether oxygens (including phenoxy) is 2. The summed E-state index contributed by atoms with van der Waals surface area (Å²) in [7, 11) is 3.30. The summed E-state index contributed by atoms with van der Waals surface area (Å²) in [4.78, 5) is 24.9. The summed E-state index contributed by atoms with van der Waals surface area (Å²) in [5.74, 6) is -0.872. The molecule has 1 aliphatic rings. The van der Waals surface area contributed by atoms with Crippen LogP contribution in [0.1, 0.15) is 19.3 Å². The van der Waals surface area contributed by atoms with E-state index >= 15 is 0 Å². The molecular weight excluding hydrogens is 264 g/mol. The van der Waals surface area contributed by atoms with Crippen molar-refractivity contribution < 1.29 is 24.2 Å². The second-order valence-electron chi connectivity index (χ2n) is 5.12. The van der Waals surface area contributed by atoms with Gasteiger partial charge in [-0.25, -0.2) is 4.79 Å². The number of urea groups is 1. The standard InChI is InChI=1S/C13H24N2O5/c1-15(6-3-7-19-2)12(18)14-10-13(11(16)17)4-8-20-9-5-13/h3-10H2,1-2H3,(H,14,18)(H,16,17). The van der Waals surface area contributed by atoms with Crippen LogP contribution in [0.4, 0.5) is 4.79 Å². The van der Waals surface area contributed by atoms with E-state index in [9.17, 15) is 14.7 Å². The number of rotatable bonds is 7. The highest BCUT2D eigenvalue weighted by atomic mass is 16.5. The van der Waals surface area contributed by atoms with Crippen LogP contribution in [0, 0.1) is 5.41 Å². The van der Waals surface area contributed by atoms with E-state index in [4.69, 9.17) is 9.47 Å². The highest BCUT2D eigenvalue weighted by molar-refractivity contribution is 5.78. The zero-order valence-electron chi connectivity index (χ0n) is 12.2. The lowest BCUT2D eigenvalue weighted by Gasteiger charge is -2.33. The molecule has 0 aliphatic carbocycles. The number of aliphatic carboxylic acids is 1. The van der Waals surface area contributed by atoms with Gasteiger partial charge in [0.15, 0.2) is 0 Å². The number of methoxy groups -OCH3 is 1. The Bertz CT molecular complexity index is 329. The molecule has 7 nitrogen and oxygen atoms in total. The molecular formula is C13H24N2O5. The molecule has 2 amide bonds. The number of hydrogen-bond donors (Lipinski definition) is 2. The van der Waals surface area contributed by atoms with Crippen LogP contribution in [-0.2, 0) is 14.3 Å². The van der Waals surface area contributed by atoms with Gasteiger partial charge >= 0.3 is 12.0 Å². The predicted octanol–water partition coefficient (Wildman–Crippen LogP) is 0.546. The monoisotopic (exact) mass is 288 g/mol. The smallest absolute Gasteiger partial charge is 0.317 e. The molecule has 0 spiro atoms. The van der Waals surface area contributed by atoms with E-state index in [2.05, 4.69) is 5.32 Å². The Morgan fingerprint density at radius 1 is 1.40 bits per heavy atom. The molecule has 0 aromatic heterocycles. The number of carbonyl (C=O) groups is 2. The maximum atomic E-state index is 11.9. The fourth-order valence-electron chi connectivity index (χ4n) is 2.16. The van der Waals surface area contributed by atoms with E-state index in [0.29, 0.717) is 39.2 Å². The number of hydrogen-bond acceptors (Lipinski definition) is 4. The van der Waals surface area contributed by atoms with E-state index in [1.807, 2.05) is 0 Å². The van der Waals surface area contributed by atoms with Gasteiger partial charge < -0.3 is 24.8 Å². The van der Waals surface area contributed by atoms with Crippen molar-refractivity contribution in [3.05, 3.63) is 0 Å². The molecule has 0 saturated carbocycles. The van der Waals surface area contributed by atoms with Gasteiger partial charge in [0.05, 0.1) is 5.41 Å². The molecule has 0 atom stereocenters. The Kier molecular flexibility index (Phi) is 6.74. The summed E-state index contributed by atoms with van der Waals surface area (Å²) < 4.78 is 10.1. The Morgan fingerprint density at radius 3 is 2.60 bits per heavy atom. The van der Waals surface area contributed by atoms with Gasteiger partial charge in [-0.05, 0) is 19.3 Å². The lowest BCUT2D eigenvalue weighted by Crippen LogP contribution is -2.49. The molecule has 1 saturated heterocycles. The highest BCUT2D eigenvalue weighted by Crippen LogP contribution is 2.30. The van der Waals surface area contributed by atoms with E-state index in [1.165, 1.54) is 4.90 Å². The first-order chi connectivity index (χ1) is 9.52. The van der Waals surface area contributed by atoms with Crippen LogP contribution in [0.15, 0.2) is 0 Å². The van der Waals surface area contributed by atoms with Crippen molar-refractivity contribution in [1.82, 2.24) is 10.2 Å². The second-order valence-corrected chi connectivity index (χ2v) is 5.12. The summed E-state index contributed by atoms with van der Waals surface area (Å²) in [6.07, 6.45) is 1.60. The van der Waals surface area contributed by atoms with Gasteiger partial charge in [0.25, 0.3) is 0 Å². The number of amides is 2. The van der Waals surface area contributed by atoms with Crippen LogP contribution in [0.25, 0.3) is 0 Å². The Labute approximate surface area is 119 Å². The Balaban J connectivity index is 2.42. The average Bonchev–Trinajstić information content (AvgIpc) is 2.45. The second kappa shape index (κ2) is 8.06. The Hall–Kier alpha value is -1.34. The number of carboxylic acids is 1. The van der Waals surface area contributed by atoms with Gasteiger partial charge in [0, 0.05) is 47.1 Å². The van der Waals surface area contributed by atoms with E-state index < -0.39 is 11.4 Å². The van der Waals surface area contributed by atoms with Gasteiger partial charge in [-0.1, -0.05) is 0 Å². The number of carboxylic acid groups (broad SMARTS) is 1. The molecule has 20 heavy (non-hydrogen) atoms. The number of nitrogens with zero attached hydrogens (tertiary/aromatic N) is 1. The highest BCUT2D eigenvalue weighted by Gasteiger charge is 2.40. The molecule has 0 bridgehead atoms. The largest absolute Gasteiger partial charge is 0.481 e. The Morgan fingerprint density at radius 2 is 2.05 bits per heavy atom. The lowest BCUT2D eigenvalue weighted by atomic mass is 9.80. The van der Waals surface area contributed by atoms with Crippen molar-refractivity contribution in [1.29, 1.82) is 0 Å². The molecule has 0 radical (unpaired) electrons. The third-order valence-electron chi connectivity index (χ3n) is 3.67. The van der Waals surface area contributed by atoms with Crippen LogP contribution >= 0.6 is 0 Å². The fraction of sp³-hybridized carbons (Fsp3) is 0.846. The van der Waals surface area contributed by atoms with Gasteiger partial charge in [0.1, 0.15) is 0 Å². The topological polar surface area (TPSA) is 88.1 Å².